The van der Waals surface area contributed by atoms with E-state index < -0.39 is 5.25 Å². The lowest BCUT2D eigenvalue weighted by atomic mass is 10.1. The molecule has 0 aliphatic rings. The van der Waals surface area contributed by atoms with Gasteiger partial charge in [0.15, 0.2) is 11.0 Å². The van der Waals surface area contributed by atoms with E-state index in [1.807, 2.05) is 80.3 Å². The van der Waals surface area contributed by atoms with Gasteiger partial charge in [-0.05, 0) is 38.0 Å². The number of thioether (sulfide) groups is 1. The van der Waals surface area contributed by atoms with Crippen LogP contribution in [0.15, 0.2) is 82.6 Å². The summed E-state index contributed by atoms with van der Waals surface area (Å²) >= 11 is 1.45. The number of carbonyl (C=O) groups excluding carboxylic acids is 1. The van der Waals surface area contributed by atoms with Gasteiger partial charge in [0.05, 0.1) is 18.4 Å². The number of amides is 1. The standard InChI is InChI=1S/C26H28N4O2S/c1-4-29(5-2)25(31)23(21-14-10-7-11-15-21)33-26-28-27-24(22-16-17-32-19(22)3)30(26)18-20-12-8-6-9-13-20/h6-17,23H,4-5,18H2,1-3H3. The number of likely N-dealkylation sites (N-methyl/N-ethyl adjacent to an activating group) is 1. The van der Waals surface area contributed by atoms with Crippen LogP contribution in [0, 0.1) is 6.92 Å². The molecule has 7 heteroatoms. The van der Waals surface area contributed by atoms with Gasteiger partial charge in [0.25, 0.3) is 0 Å². The third kappa shape index (κ3) is 5.03. The zero-order chi connectivity index (χ0) is 23.2. The van der Waals surface area contributed by atoms with Crippen LogP contribution in [0.1, 0.15) is 36.0 Å². The minimum Gasteiger partial charge on any atom is -0.469 e. The van der Waals surface area contributed by atoms with Crippen LogP contribution < -0.4 is 0 Å². The molecule has 1 unspecified atom stereocenters. The van der Waals surface area contributed by atoms with E-state index in [1.54, 1.807) is 6.26 Å². The van der Waals surface area contributed by atoms with E-state index in [9.17, 15) is 4.79 Å². The van der Waals surface area contributed by atoms with E-state index in [4.69, 9.17) is 4.42 Å². The Kier molecular flexibility index (Phi) is 7.29. The number of benzene rings is 2. The second-order valence-corrected chi connectivity index (χ2v) is 8.76. The highest BCUT2D eigenvalue weighted by Gasteiger charge is 2.29. The molecule has 170 valence electrons. The number of aryl methyl sites for hydroxylation is 1. The average Bonchev–Trinajstić information content (AvgIpc) is 3.44. The minimum atomic E-state index is -0.414. The molecule has 0 saturated carbocycles. The Hall–Kier alpha value is -3.32. The van der Waals surface area contributed by atoms with Gasteiger partial charge in [0, 0.05) is 13.1 Å². The molecule has 2 heterocycles. The van der Waals surface area contributed by atoms with Crippen LogP contribution in [0.5, 0.6) is 0 Å². The summed E-state index contributed by atoms with van der Waals surface area (Å²) in [6, 6.07) is 22.0. The fourth-order valence-corrected chi connectivity index (χ4v) is 4.92. The second-order valence-electron chi connectivity index (χ2n) is 7.69. The third-order valence-corrected chi connectivity index (χ3v) is 6.85. The summed E-state index contributed by atoms with van der Waals surface area (Å²) in [5, 5.41) is 9.33. The molecule has 1 atom stereocenters. The smallest absolute Gasteiger partial charge is 0.240 e. The molecule has 0 fully saturated rings. The summed E-state index contributed by atoms with van der Waals surface area (Å²) in [4.78, 5) is 15.4. The Morgan fingerprint density at radius 1 is 1.00 bits per heavy atom. The Labute approximate surface area is 198 Å². The van der Waals surface area contributed by atoms with Crippen molar-refractivity contribution in [3.05, 3.63) is 89.9 Å². The van der Waals surface area contributed by atoms with E-state index in [2.05, 4.69) is 26.9 Å². The molecule has 0 aliphatic carbocycles. The first-order chi connectivity index (χ1) is 16.1. The van der Waals surface area contributed by atoms with Crippen LogP contribution in [0.25, 0.3) is 11.4 Å². The topological polar surface area (TPSA) is 64.2 Å². The van der Waals surface area contributed by atoms with Gasteiger partial charge in [-0.2, -0.15) is 0 Å². The third-order valence-electron chi connectivity index (χ3n) is 5.63. The minimum absolute atomic E-state index is 0.0755. The first-order valence-corrected chi connectivity index (χ1v) is 12.0. The fourth-order valence-electron chi connectivity index (χ4n) is 3.80. The van der Waals surface area contributed by atoms with Gasteiger partial charge in [-0.15, -0.1) is 10.2 Å². The van der Waals surface area contributed by atoms with Crippen LogP contribution in [0.3, 0.4) is 0 Å². The molecule has 0 aliphatic heterocycles. The zero-order valence-corrected chi connectivity index (χ0v) is 20.0. The lowest BCUT2D eigenvalue weighted by Gasteiger charge is -2.25. The van der Waals surface area contributed by atoms with E-state index in [0.717, 1.165) is 28.3 Å². The van der Waals surface area contributed by atoms with Crippen molar-refractivity contribution in [1.29, 1.82) is 0 Å². The molecule has 33 heavy (non-hydrogen) atoms. The van der Waals surface area contributed by atoms with Crippen LogP contribution in [-0.2, 0) is 11.3 Å². The van der Waals surface area contributed by atoms with Gasteiger partial charge in [0.1, 0.15) is 11.0 Å². The molecule has 6 nitrogen and oxygen atoms in total. The Balaban J connectivity index is 1.77. The number of furan rings is 1. The number of hydrogen-bond donors (Lipinski definition) is 0. The summed E-state index contributed by atoms with van der Waals surface area (Å²) in [6.07, 6.45) is 1.66. The summed E-state index contributed by atoms with van der Waals surface area (Å²) in [5.74, 6) is 1.59. The molecular formula is C26H28N4O2S. The second kappa shape index (κ2) is 10.5. The first-order valence-electron chi connectivity index (χ1n) is 11.1. The predicted molar refractivity (Wildman–Crippen MR) is 131 cm³/mol. The fraction of sp³-hybridized carbons (Fsp3) is 0.269. The molecule has 2 aromatic carbocycles. The normalized spacial score (nSPS) is 12.0. The maximum Gasteiger partial charge on any atom is 0.240 e. The molecule has 0 N–H and O–H groups in total. The monoisotopic (exact) mass is 460 g/mol. The Morgan fingerprint density at radius 2 is 1.67 bits per heavy atom. The van der Waals surface area contributed by atoms with Gasteiger partial charge in [0.2, 0.25) is 5.91 Å². The van der Waals surface area contributed by atoms with Crippen LogP contribution in [0.4, 0.5) is 0 Å². The molecule has 0 radical (unpaired) electrons. The number of carbonyl (C=O) groups is 1. The summed E-state index contributed by atoms with van der Waals surface area (Å²) in [7, 11) is 0. The van der Waals surface area contributed by atoms with E-state index in [1.165, 1.54) is 11.8 Å². The molecule has 0 saturated heterocycles. The molecule has 2 aromatic heterocycles. The van der Waals surface area contributed by atoms with E-state index in [-0.39, 0.29) is 5.91 Å². The Bertz CT molecular complexity index is 1180. The maximum absolute atomic E-state index is 13.5. The van der Waals surface area contributed by atoms with Gasteiger partial charge in [-0.25, -0.2) is 0 Å². The van der Waals surface area contributed by atoms with Gasteiger partial charge < -0.3 is 9.32 Å². The Morgan fingerprint density at radius 3 is 2.27 bits per heavy atom. The van der Waals surface area contributed by atoms with Crippen molar-refractivity contribution in [2.24, 2.45) is 0 Å². The number of hydrogen-bond acceptors (Lipinski definition) is 5. The van der Waals surface area contributed by atoms with Gasteiger partial charge in [-0.1, -0.05) is 72.4 Å². The highest BCUT2D eigenvalue weighted by molar-refractivity contribution is 8.00. The van der Waals surface area contributed by atoms with E-state index >= 15 is 0 Å². The maximum atomic E-state index is 13.5. The van der Waals surface area contributed by atoms with Crippen LogP contribution >= 0.6 is 11.8 Å². The number of aromatic nitrogens is 3. The summed E-state index contributed by atoms with van der Waals surface area (Å²) in [6.45, 7) is 7.85. The molecule has 1 amide bonds. The highest BCUT2D eigenvalue weighted by Crippen LogP contribution is 2.38. The SMILES string of the molecule is CCN(CC)C(=O)C(Sc1nnc(-c2ccoc2C)n1Cc1ccccc1)c1ccccc1. The van der Waals surface area contributed by atoms with Crippen molar-refractivity contribution in [3.63, 3.8) is 0 Å². The van der Waals surface area contributed by atoms with Crippen molar-refractivity contribution in [1.82, 2.24) is 19.7 Å². The average molecular weight is 461 g/mol. The molecule has 4 rings (SSSR count). The van der Waals surface area contributed by atoms with Crippen LogP contribution in [0.2, 0.25) is 0 Å². The van der Waals surface area contributed by atoms with E-state index in [0.29, 0.717) is 24.8 Å². The lowest BCUT2D eigenvalue weighted by Crippen LogP contribution is -2.34. The summed E-state index contributed by atoms with van der Waals surface area (Å²) in [5.41, 5.74) is 2.99. The van der Waals surface area contributed by atoms with Gasteiger partial charge in [-0.3, -0.25) is 9.36 Å². The molecule has 0 bridgehead atoms. The van der Waals surface area contributed by atoms with Crippen molar-refractivity contribution in [2.45, 2.75) is 37.7 Å². The zero-order valence-electron chi connectivity index (χ0n) is 19.1. The number of nitrogens with zero attached hydrogens (tertiary/aromatic N) is 4. The van der Waals surface area contributed by atoms with Crippen molar-refractivity contribution in [3.8, 4) is 11.4 Å². The lowest BCUT2D eigenvalue weighted by molar-refractivity contribution is -0.130. The summed E-state index contributed by atoms with van der Waals surface area (Å²) < 4.78 is 7.61. The van der Waals surface area contributed by atoms with Gasteiger partial charge >= 0.3 is 0 Å². The van der Waals surface area contributed by atoms with Crippen LogP contribution in [-0.4, -0.2) is 38.7 Å². The first kappa shape index (κ1) is 22.9. The highest BCUT2D eigenvalue weighted by atomic mass is 32.2. The largest absolute Gasteiger partial charge is 0.469 e. The molecular weight excluding hydrogens is 432 g/mol. The number of rotatable bonds is 9. The quantitative estimate of drug-likeness (QED) is 0.304. The van der Waals surface area contributed by atoms with Crippen molar-refractivity contribution in [2.75, 3.05) is 13.1 Å². The van der Waals surface area contributed by atoms with Crippen molar-refractivity contribution < 1.29 is 9.21 Å². The molecule has 0 spiro atoms. The predicted octanol–water partition coefficient (Wildman–Crippen LogP) is 5.60. The van der Waals surface area contributed by atoms with Crippen molar-refractivity contribution >= 4 is 17.7 Å². The molecule has 4 aromatic rings.